The lowest BCUT2D eigenvalue weighted by atomic mass is 10.2. The molecule has 0 atom stereocenters. The van der Waals surface area contributed by atoms with E-state index in [4.69, 9.17) is 4.74 Å². The minimum Gasteiger partial charge on any atom is -0.474 e. The Hall–Kier alpha value is -2.36. The predicted molar refractivity (Wildman–Crippen MR) is 101 cm³/mol. The molecule has 2 aromatic heterocycles. The first-order valence-electron chi connectivity index (χ1n) is 9.02. The number of aromatic nitrogens is 2. The van der Waals surface area contributed by atoms with Crippen LogP contribution >= 0.6 is 11.3 Å². The molecule has 0 aromatic carbocycles. The molecule has 2 N–H and O–H groups in total. The highest BCUT2D eigenvalue weighted by Crippen LogP contribution is 2.30. The second-order valence-corrected chi connectivity index (χ2v) is 7.37. The molecular formula is C18H22F3N5OS. The summed E-state index contributed by atoms with van der Waals surface area (Å²) < 4.78 is 43.7. The second-order valence-electron chi connectivity index (χ2n) is 6.43. The van der Waals surface area contributed by atoms with Gasteiger partial charge in [-0.1, -0.05) is 0 Å². The Kier molecular flexibility index (Phi) is 6.71. The molecule has 0 radical (unpaired) electrons. The van der Waals surface area contributed by atoms with Crippen molar-refractivity contribution in [1.29, 1.82) is 0 Å². The zero-order valence-electron chi connectivity index (χ0n) is 15.4. The zero-order chi connectivity index (χ0) is 20.0. The van der Waals surface area contributed by atoms with Crippen LogP contribution in [0.3, 0.4) is 0 Å². The van der Waals surface area contributed by atoms with Crippen molar-refractivity contribution >= 4 is 17.3 Å². The van der Waals surface area contributed by atoms with E-state index < -0.39 is 11.9 Å². The highest BCUT2D eigenvalue weighted by atomic mass is 32.1. The molecule has 1 aliphatic carbocycles. The molecule has 0 aliphatic heterocycles. The van der Waals surface area contributed by atoms with Crippen molar-refractivity contribution in [3.05, 3.63) is 40.0 Å². The quantitative estimate of drug-likeness (QED) is 0.558. The van der Waals surface area contributed by atoms with Crippen LogP contribution in [0.15, 0.2) is 28.7 Å². The van der Waals surface area contributed by atoms with E-state index in [1.165, 1.54) is 12.8 Å². The van der Waals surface area contributed by atoms with Crippen molar-refractivity contribution < 1.29 is 17.9 Å². The van der Waals surface area contributed by atoms with Gasteiger partial charge >= 0.3 is 6.18 Å². The molecule has 0 unspecified atom stereocenters. The summed E-state index contributed by atoms with van der Waals surface area (Å²) in [6.07, 6.45) is 2.03. The van der Waals surface area contributed by atoms with Gasteiger partial charge in [0.15, 0.2) is 11.7 Å². The van der Waals surface area contributed by atoms with Gasteiger partial charge in [0, 0.05) is 31.2 Å². The highest BCUT2D eigenvalue weighted by Gasteiger charge is 2.33. The van der Waals surface area contributed by atoms with Crippen LogP contribution in [-0.4, -0.2) is 29.1 Å². The molecule has 1 fully saturated rings. The van der Waals surface area contributed by atoms with E-state index in [2.05, 4.69) is 25.6 Å². The van der Waals surface area contributed by atoms with E-state index in [1.54, 1.807) is 13.2 Å². The van der Waals surface area contributed by atoms with E-state index in [-0.39, 0.29) is 12.6 Å². The molecule has 0 amide bonds. The van der Waals surface area contributed by atoms with Gasteiger partial charge in [-0.05, 0) is 37.3 Å². The number of halogens is 3. The van der Waals surface area contributed by atoms with Crippen LogP contribution < -0.4 is 15.4 Å². The van der Waals surface area contributed by atoms with Crippen LogP contribution in [0.1, 0.15) is 41.9 Å². The average Bonchev–Trinajstić information content (AvgIpc) is 3.34. The van der Waals surface area contributed by atoms with E-state index in [0.29, 0.717) is 23.4 Å². The van der Waals surface area contributed by atoms with Crippen LogP contribution in [-0.2, 0) is 19.3 Å². The summed E-state index contributed by atoms with van der Waals surface area (Å²) in [5, 5.41) is 7.44. The molecule has 6 nitrogen and oxygen atoms in total. The number of guanidine groups is 1. The lowest BCUT2D eigenvalue weighted by molar-refractivity contribution is -0.140. The van der Waals surface area contributed by atoms with Gasteiger partial charge in [-0.25, -0.2) is 9.97 Å². The first-order valence-corrected chi connectivity index (χ1v) is 9.89. The zero-order valence-corrected chi connectivity index (χ0v) is 16.2. The number of aliphatic imine (C=N–C) groups is 1. The third kappa shape index (κ3) is 5.82. The summed E-state index contributed by atoms with van der Waals surface area (Å²) in [5.41, 5.74) is 0.100. The molecule has 2 aromatic rings. The van der Waals surface area contributed by atoms with Gasteiger partial charge in [0.1, 0.15) is 11.1 Å². The Morgan fingerprint density at radius 2 is 2.04 bits per heavy atom. The van der Waals surface area contributed by atoms with Crippen molar-refractivity contribution in [1.82, 2.24) is 20.6 Å². The topological polar surface area (TPSA) is 71.4 Å². The smallest absolute Gasteiger partial charge is 0.434 e. The first kappa shape index (κ1) is 20.4. The van der Waals surface area contributed by atoms with Crippen molar-refractivity contribution in [2.45, 2.75) is 51.1 Å². The number of rotatable bonds is 6. The average molecular weight is 413 g/mol. The van der Waals surface area contributed by atoms with Crippen molar-refractivity contribution in [3.63, 3.8) is 0 Å². The normalized spacial score (nSPS) is 15.6. The van der Waals surface area contributed by atoms with Gasteiger partial charge in [-0.15, -0.1) is 11.3 Å². The molecule has 10 heteroatoms. The van der Waals surface area contributed by atoms with Crippen LogP contribution in [0.2, 0.25) is 0 Å². The van der Waals surface area contributed by atoms with Gasteiger partial charge in [0.2, 0.25) is 5.88 Å². The maximum absolute atomic E-state index is 12.6. The fourth-order valence-electron chi connectivity index (χ4n) is 2.89. The lowest BCUT2D eigenvalue weighted by Crippen LogP contribution is -2.36. The molecule has 152 valence electrons. The van der Waals surface area contributed by atoms with Crippen LogP contribution in [0.4, 0.5) is 13.2 Å². The number of ether oxygens (including phenoxy) is 1. The van der Waals surface area contributed by atoms with Gasteiger partial charge in [0.25, 0.3) is 0 Å². The molecule has 2 heterocycles. The summed E-state index contributed by atoms with van der Waals surface area (Å²) in [7, 11) is 1.60. The monoisotopic (exact) mass is 413 g/mol. The summed E-state index contributed by atoms with van der Waals surface area (Å²) in [6, 6.07) is 3.76. The summed E-state index contributed by atoms with van der Waals surface area (Å²) in [6.45, 7) is 0.641. The minimum absolute atomic E-state index is 0.160. The highest BCUT2D eigenvalue weighted by molar-refractivity contribution is 7.09. The van der Waals surface area contributed by atoms with Crippen LogP contribution in [0.5, 0.6) is 5.88 Å². The Morgan fingerprint density at radius 3 is 2.71 bits per heavy atom. The van der Waals surface area contributed by atoms with Crippen molar-refractivity contribution in [2.75, 3.05) is 7.05 Å². The molecule has 0 spiro atoms. The van der Waals surface area contributed by atoms with E-state index in [9.17, 15) is 13.2 Å². The van der Waals surface area contributed by atoms with Gasteiger partial charge in [0.05, 0.1) is 6.54 Å². The minimum atomic E-state index is -4.42. The number of nitrogens with zero attached hydrogens (tertiary/aromatic N) is 3. The maximum Gasteiger partial charge on any atom is 0.434 e. The molecule has 0 saturated heterocycles. The Labute approximate surface area is 165 Å². The fourth-order valence-corrected chi connectivity index (χ4v) is 3.63. The lowest BCUT2D eigenvalue weighted by Gasteiger charge is -2.14. The van der Waals surface area contributed by atoms with Crippen LogP contribution in [0, 0.1) is 0 Å². The predicted octanol–water partition coefficient (Wildman–Crippen LogP) is 3.74. The summed E-state index contributed by atoms with van der Waals surface area (Å²) >= 11 is 0.959. The van der Waals surface area contributed by atoms with E-state index in [1.807, 2.05) is 12.1 Å². The van der Waals surface area contributed by atoms with Gasteiger partial charge in [-0.2, -0.15) is 13.2 Å². The maximum atomic E-state index is 12.6. The fraction of sp³-hybridized carbons (Fsp3) is 0.500. The molecule has 28 heavy (non-hydrogen) atoms. The second kappa shape index (κ2) is 9.22. The number of pyridine rings is 1. The number of thiazole rings is 1. The van der Waals surface area contributed by atoms with Gasteiger partial charge < -0.3 is 15.4 Å². The number of hydrogen-bond donors (Lipinski definition) is 2. The molecule has 1 saturated carbocycles. The van der Waals surface area contributed by atoms with Crippen molar-refractivity contribution in [2.24, 2.45) is 4.99 Å². The van der Waals surface area contributed by atoms with E-state index in [0.717, 1.165) is 35.1 Å². The standard InChI is InChI=1S/C18H22F3N5OS/c1-22-17(25-10-16-26-14(11-28-16)18(19,20)21)24-9-12-6-7-23-15(8-12)27-13-4-2-3-5-13/h6-8,11,13H,2-5,9-10H2,1H3,(H2,22,24,25). The number of alkyl halides is 3. The first-order chi connectivity index (χ1) is 13.4. The van der Waals surface area contributed by atoms with Gasteiger partial charge in [-0.3, -0.25) is 4.99 Å². The summed E-state index contributed by atoms with van der Waals surface area (Å²) in [4.78, 5) is 11.9. The third-order valence-corrected chi connectivity index (χ3v) is 5.17. The number of nitrogens with one attached hydrogen (secondary N) is 2. The SMILES string of the molecule is CN=C(NCc1ccnc(OC2CCCC2)c1)NCc1nc(C(F)(F)F)cs1. The third-order valence-electron chi connectivity index (χ3n) is 4.32. The number of hydrogen-bond acceptors (Lipinski definition) is 5. The van der Waals surface area contributed by atoms with E-state index >= 15 is 0 Å². The van der Waals surface area contributed by atoms with Crippen molar-refractivity contribution in [3.8, 4) is 5.88 Å². The molecule has 1 aliphatic rings. The Balaban J connectivity index is 1.49. The van der Waals surface area contributed by atoms with Crippen LogP contribution in [0.25, 0.3) is 0 Å². The Morgan fingerprint density at radius 1 is 1.29 bits per heavy atom. The molecule has 0 bridgehead atoms. The largest absolute Gasteiger partial charge is 0.474 e. The summed E-state index contributed by atoms with van der Waals surface area (Å²) in [5.74, 6) is 1.08. The Bertz CT molecular complexity index is 803. The molecule has 3 rings (SSSR count). The molecular weight excluding hydrogens is 391 g/mol.